The molecule has 2 atom stereocenters. The number of guanidine groups is 1. The van der Waals surface area contributed by atoms with Crippen LogP contribution in [-0.2, 0) is 9.53 Å². The number of fused-ring (bicyclic) bond motifs is 3. The van der Waals surface area contributed by atoms with Gasteiger partial charge >= 0.3 is 6.03 Å². The highest BCUT2D eigenvalue weighted by atomic mass is 35.5. The van der Waals surface area contributed by atoms with Gasteiger partial charge in [-0.05, 0) is 31.5 Å². The monoisotopic (exact) mass is 403 g/mol. The number of benzene rings is 1. The Morgan fingerprint density at radius 2 is 2.00 bits per heavy atom. The maximum atomic E-state index is 13.1. The van der Waals surface area contributed by atoms with Crippen LogP contribution in [0.5, 0.6) is 0 Å². The van der Waals surface area contributed by atoms with Crippen molar-refractivity contribution in [2.75, 3.05) is 32.2 Å². The van der Waals surface area contributed by atoms with Crippen LogP contribution in [0, 0.1) is 6.92 Å². The first-order valence-corrected chi connectivity index (χ1v) is 9.41. The number of ether oxygens (including phenoxy) is 1. The van der Waals surface area contributed by atoms with Gasteiger partial charge in [0.2, 0.25) is 5.96 Å². The lowest BCUT2D eigenvalue weighted by atomic mass is 10.1. The predicted octanol–water partition coefficient (Wildman–Crippen LogP) is 2.24. The highest BCUT2D eigenvalue weighted by Gasteiger charge is 2.54. The van der Waals surface area contributed by atoms with Crippen LogP contribution >= 0.6 is 11.6 Å². The summed E-state index contributed by atoms with van der Waals surface area (Å²) >= 11 is 6.31. The van der Waals surface area contributed by atoms with Gasteiger partial charge in [0.05, 0.1) is 18.8 Å². The standard InChI is InChI=1S/C19H22ClN5O3/c1-11-5-6-13(9-14(11)20)25-12(2)10-24-15-16(21-18(24)25)22(3)19(27)23(17(15)26)7-8-28-4/h5-6,9-10,15-16H,7-8H2,1-4H3. The van der Waals surface area contributed by atoms with Gasteiger partial charge in [-0.15, -0.1) is 0 Å². The van der Waals surface area contributed by atoms with Crippen molar-refractivity contribution >= 4 is 35.2 Å². The van der Waals surface area contributed by atoms with Crippen LogP contribution in [0.15, 0.2) is 35.1 Å². The third-order valence-electron chi connectivity index (χ3n) is 5.32. The molecule has 9 heteroatoms. The summed E-state index contributed by atoms with van der Waals surface area (Å²) in [5, 5.41) is 0.661. The first-order valence-electron chi connectivity index (χ1n) is 9.03. The number of methoxy groups -OCH3 is 1. The van der Waals surface area contributed by atoms with Crippen LogP contribution in [0.3, 0.4) is 0 Å². The lowest BCUT2D eigenvalue weighted by molar-refractivity contribution is -0.137. The molecule has 8 nitrogen and oxygen atoms in total. The van der Waals surface area contributed by atoms with E-state index < -0.39 is 12.2 Å². The number of imide groups is 1. The van der Waals surface area contributed by atoms with Crippen molar-refractivity contribution in [3.05, 3.63) is 40.7 Å². The second kappa shape index (κ2) is 6.79. The van der Waals surface area contributed by atoms with Crippen molar-refractivity contribution in [1.82, 2.24) is 14.7 Å². The Labute approximate surface area is 168 Å². The van der Waals surface area contributed by atoms with E-state index in [1.54, 1.807) is 14.2 Å². The number of allylic oxidation sites excluding steroid dienone is 1. The Morgan fingerprint density at radius 3 is 2.68 bits per heavy atom. The van der Waals surface area contributed by atoms with Crippen molar-refractivity contribution in [3.8, 4) is 0 Å². The maximum Gasteiger partial charge on any atom is 0.328 e. The number of aliphatic imine (C=N–C) groups is 1. The van der Waals surface area contributed by atoms with Gasteiger partial charge in [0.1, 0.15) is 0 Å². The molecule has 0 N–H and O–H groups in total. The number of aryl methyl sites for hydroxylation is 1. The molecule has 0 bridgehead atoms. The molecule has 1 saturated heterocycles. The highest BCUT2D eigenvalue weighted by molar-refractivity contribution is 6.31. The molecule has 1 aromatic carbocycles. The molecule has 1 fully saturated rings. The normalized spacial score (nSPS) is 23.9. The minimum atomic E-state index is -0.588. The first kappa shape index (κ1) is 18.8. The van der Waals surface area contributed by atoms with Gasteiger partial charge in [0.15, 0.2) is 12.2 Å². The molecule has 0 saturated carbocycles. The molecule has 0 aliphatic carbocycles. The van der Waals surface area contributed by atoms with E-state index in [4.69, 9.17) is 21.3 Å². The van der Waals surface area contributed by atoms with E-state index in [0.29, 0.717) is 17.6 Å². The number of carbonyl (C=O) groups is 2. The Bertz CT molecular complexity index is 915. The Morgan fingerprint density at radius 1 is 1.25 bits per heavy atom. The average Bonchev–Trinajstić information content (AvgIpc) is 3.17. The predicted molar refractivity (Wildman–Crippen MR) is 106 cm³/mol. The van der Waals surface area contributed by atoms with Crippen LogP contribution < -0.4 is 4.90 Å². The van der Waals surface area contributed by atoms with Crippen molar-refractivity contribution in [2.24, 2.45) is 4.99 Å². The van der Waals surface area contributed by atoms with Gasteiger partial charge in [-0.25, -0.2) is 9.79 Å². The number of hydrogen-bond donors (Lipinski definition) is 0. The fourth-order valence-electron chi connectivity index (χ4n) is 3.78. The van der Waals surface area contributed by atoms with E-state index in [2.05, 4.69) is 0 Å². The fourth-order valence-corrected chi connectivity index (χ4v) is 3.96. The number of nitrogens with zero attached hydrogens (tertiary/aromatic N) is 5. The quantitative estimate of drug-likeness (QED) is 0.771. The molecule has 0 radical (unpaired) electrons. The lowest BCUT2D eigenvalue weighted by Gasteiger charge is -2.40. The van der Waals surface area contributed by atoms with Gasteiger partial charge in [-0.2, -0.15) is 0 Å². The van der Waals surface area contributed by atoms with Gasteiger partial charge in [-0.1, -0.05) is 17.7 Å². The third kappa shape index (κ3) is 2.67. The second-order valence-electron chi connectivity index (χ2n) is 7.11. The second-order valence-corrected chi connectivity index (χ2v) is 7.52. The minimum Gasteiger partial charge on any atom is -0.383 e. The van der Waals surface area contributed by atoms with Crippen molar-refractivity contribution in [1.29, 1.82) is 0 Å². The molecule has 4 rings (SSSR count). The molecule has 3 aliphatic heterocycles. The van der Waals surface area contributed by atoms with E-state index >= 15 is 0 Å². The number of rotatable bonds is 4. The number of carbonyl (C=O) groups excluding carboxylic acids is 2. The van der Waals surface area contributed by atoms with E-state index in [0.717, 1.165) is 16.9 Å². The maximum absolute atomic E-state index is 13.1. The molecule has 148 valence electrons. The fraction of sp³-hybridized carbons (Fsp3) is 0.421. The number of urea groups is 1. The van der Waals surface area contributed by atoms with Gasteiger partial charge < -0.3 is 14.5 Å². The smallest absolute Gasteiger partial charge is 0.328 e. The van der Waals surface area contributed by atoms with Crippen molar-refractivity contribution < 1.29 is 14.3 Å². The van der Waals surface area contributed by atoms with Crippen LogP contribution in [0.25, 0.3) is 0 Å². The zero-order valence-corrected chi connectivity index (χ0v) is 17.0. The molecule has 2 unspecified atom stereocenters. The van der Waals surface area contributed by atoms with Gasteiger partial charge in [-0.3, -0.25) is 14.6 Å². The number of halogens is 1. The number of amides is 3. The lowest BCUT2D eigenvalue weighted by Crippen LogP contribution is -2.64. The first-order chi connectivity index (χ1) is 13.3. The third-order valence-corrected chi connectivity index (χ3v) is 5.73. The van der Waals surface area contributed by atoms with Crippen LogP contribution in [0.2, 0.25) is 5.02 Å². The van der Waals surface area contributed by atoms with Gasteiger partial charge in [0, 0.05) is 31.1 Å². The van der Waals surface area contributed by atoms with E-state index in [1.165, 1.54) is 9.80 Å². The van der Waals surface area contributed by atoms with Crippen molar-refractivity contribution in [3.63, 3.8) is 0 Å². The molecular weight excluding hydrogens is 382 g/mol. The summed E-state index contributed by atoms with van der Waals surface area (Å²) < 4.78 is 5.05. The Kier molecular flexibility index (Phi) is 4.55. The molecule has 0 aromatic heterocycles. The summed E-state index contributed by atoms with van der Waals surface area (Å²) in [4.78, 5) is 37.0. The van der Waals surface area contributed by atoms with E-state index in [1.807, 2.05) is 48.0 Å². The summed E-state index contributed by atoms with van der Waals surface area (Å²) in [5.74, 6) is 0.353. The zero-order valence-electron chi connectivity index (χ0n) is 16.2. The number of anilines is 1. The SMILES string of the molecule is COCCN1C(=O)C2C(N=C3N(c4ccc(C)c(Cl)c4)C(C)=CN32)N(C)C1=O. The zero-order chi connectivity index (χ0) is 20.2. The molecule has 28 heavy (non-hydrogen) atoms. The Balaban J connectivity index is 1.70. The van der Waals surface area contributed by atoms with Gasteiger partial charge in [0.25, 0.3) is 5.91 Å². The Hall–Kier alpha value is -2.58. The minimum absolute atomic E-state index is 0.213. The average molecular weight is 404 g/mol. The van der Waals surface area contributed by atoms with Crippen LogP contribution in [0.1, 0.15) is 12.5 Å². The highest BCUT2D eigenvalue weighted by Crippen LogP contribution is 2.37. The van der Waals surface area contributed by atoms with Crippen LogP contribution in [-0.4, -0.2) is 72.1 Å². The molecule has 3 aliphatic rings. The molecule has 3 heterocycles. The van der Waals surface area contributed by atoms with Crippen LogP contribution in [0.4, 0.5) is 10.5 Å². The molecule has 1 aromatic rings. The number of hydrogen-bond acceptors (Lipinski definition) is 6. The summed E-state index contributed by atoms with van der Waals surface area (Å²) in [7, 11) is 3.21. The summed E-state index contributed by atoms with van der Waals surface area (Å²) in [6.07, 6.45) is 1.33. The largest absolute Gasteiger partial charge is 0.383 e. The summed E-state index contributed by atoms with van der Waals surface area (Å²) in [5.41, 5.74) is 2.77. The number of likely N-dealkylation sites (N-methyl/N-ethyl adjacent to an activating group) is 1. The molecule has 0 spiro atoms. The van der Waals surface area contributed by atoms with Crippen molar-refractivity contribution in [2.45, 2.75) is 26.1 Å². The molecule has 3 amide bonds. The summed E-state index contributed by atoms with van der Waals surface area (Å²) in [6.45, 7) is 4.40. The molecular formula is C19H22ClN5O3. The summed E-state index contributed by atoms with van der Waals surface area (Å²) in [6, 6.07) is 4.84. The topological polar surface area (TPSA) is 68.7 Å². The van der Waals surface area contributed by atoms with E-state index in [-0.39, 0.29) is 18.5 Å². The van der Waals surface area contributed by atoms with E-state index in [9.17, 15) is 9.59 Å².